The quantitative estimate of drug-likeness (QED) is 0.123. The normalized spacial score (nSPS) is 15.0. The van der Waals surface area contributed by atoms with Crippen molar-refractivity contribution in [2.75, 3.05) is 89.4 Å². The van der Waals surface area contributed by atoms with Gasteiger partial charge in [-0.1, -0.05) is 62.7 Å². The first kappa shape index (κ1) is 42.2. The number of pyridine rings is 1. The van der Waals surface area contributed by atoms with E-state index in [9.17, 15) is 9.59 Å². The Bertz CT molecular complexity index is 2100. The molecule has 2 aliphatic rings. The molecule has 0 saturated carbocycles. The molecule has 0 atom stereocenters. The summed E-state index contributed by atoms with van der Waals surface area (Å²) in [6, 6.07) is 24.4. The van der Waals surface area contributed by atoms with Gasteiger partial charge in [0.25, 0.3) is 0 Å². The summed E-state index contributed by atoms with van der Waals surface area (Å²) in [4.78, 5) is 35.0. The number of anilines is 2. The third kappa shape index (κ3) is 12.1. The van der Waals surface area contributed by atoms with Crippen molar-refractivity contribution in [1.29, 1.82) is 0 Å². The molecule has 3 amide bonds. The van der Waals surface area contributed by atoms with E-state index in [2.05, 4.69) is 51.5 Å². The molecule has 4 heterocycles. The zero-order valence-corrected chi connectivity index (χ0v) is 34.1. The van der Waals surface area contributed by atoms with Gasteiger partial charge in [-0.05, 0) is 37.3 Å². The molecule has 14 heteroatoms. The molecule has 58 heavy (non-hydrogen) atoms. The van der Waals surface area contributed by atoms with Crippen LogP contribution in [0.5, 0.6) is 11.5 Å². The van der Waals surface area contributed by atoms with E-state index in [0.29, 0.717) is 35.2 Å². The van der Waals surface area contributed by atoms with Crippen molar-refractivity contribution in [3.05, 3.63) is 102 Å². The lowest BCUT2D eigenvalue weighted by atomic mass is 9.92. The van der Waals surface area contributed by atoms with Crippen LogP contribution in [0.15, 0.2) is 85.1 Å². The zero-order valence-electron chi connectivity index (χ0n) is 34.1. The number of fused-ring (bicyclic) bond motifs is 1. The van der Waals surface area contributed by atoms with Crippen molar-refractivity contribution in [2.45, 2.75) is 39.5 Å². The molecule has 0 radical (unpaired) electrons. The van der Waals surface area contributed by atoms with E-state index >= 15 is 0 Å². The van der Waals surface area contributed by atoms with Gasteiger partial charge in [0.2, 0.25) is 5.91 Å². The predicted octanol–water partition coefficient (Wildman–Crippen LogP) is 5.73. The summed E-state index contributed by atoms with van der Waals surface area (Å²) in [5, 5.41) is 15.5. The topological polar surface area (TPSA) is 161 Å². The molecule has 3 aromatic carbocycles. The standard InChI is InChI=1S/C38H43N7O4.C6H14N2O/c1-26-9-11-28(12-10-26)45-35(25-34(43-45)38(2,3)4)42-37(47)41-32-13-14-33(31-8-6-5-7-30(31)32)49-29-15-16-39-27(23-29)24-36(46)40-17-18-44-19-21-48-22-20-44;7-1-2-8-3-5-9-6-4-8/h5-16,23,25H,17-22,24H2,1-4H3,(H,40,46)(H2,41,42,47);1-7H2. The van der Waals surface area contributed by atoms with E-state index < -0.39 is 6.03 Å². The van der Waals surface area contributed by atoms with Crippen LogP contribution in [-0.4, -0.2) is 115 Å². The average Bonchev–Trinajstić information content (AvgIpc) is 3.65. The highest BCUT2D eigenvalue weighted by Gasteiger charge is 2.22. The minimum Gasteiger partial charge on any atom is -0.457 e. The summed E-state index contributed by atoms with van der Waals surface area (Å²) < 4.78 is 18.6. The van der Waals surface area contributed by atoms with E-state index in [0.717, 1.165) is 100.0 Å². The second-order valence-corrected chi connectivity index (χ2v) is 15.5. The fourth-order valence-corrected chi connectivity index (χ4v) is 6.61. The Morgan fingerprint density at radius 3 is 2.17 bits per heavy atom. The number of urea groups is 1. The Hall–Kier alpha value is -5.38. The highest BCUT2D eigenvalue weighted by molar-refractivity contribution is 6.07. The second kappa shape index (κ2) is 20.4. The maximum atomic E-state index is 13.4. The molecule has 2 aliphatic heterocycles. The van der Waals surface area contributed by atoms with E-state index in [1.54, 1.807) is 23.0 Å². The highest BCUT2D eigenvalue weighted by atomic mass is 16.5. The van der Waals surface area contributed by atoms with Crippen molar-refractivity contribution in [3.63, 3.8) is 0 Å². The molecule has 2 aromatic heterocycles. The molecule has 0 aliphatic carbocycles. The number of amides is 3. The molecule has 0 bridgehead atoms. The van der Waals surface area contributed by atoms with Crippen molar-refractivity contribution in [1.82, 2.24) is 29.9 Å². The van der Waals surface area contributed by atoms with Gasteiger partial charge < -0.3 is 30.6 Å². The summed E-state index contributed by atoms with van der Waals surface area (Å²) in [6.45, 7) is 18.5. The summed E-state index contributed by atoms with van der Waals surface area (Å²) in [6.07, 6.45) is 1.79. The molecule has 5 N–H and O–H groups in total. The van der Waals surface area contributed by atoms with Gasteiger partial charge in [-0.2, -0.15) is 5.10 Å². The smallest absolute Gasteiger partial charge is 0.324 e. The SMILES string of the molecule is Cc1ccc(-n2nc(C(C)(C)C)cc2NC(=O)Nc2ccc(Oc3ccnc(CC(=O)NCCN4CCOCC4)c3)c3ccccc23)cc1.NCCN1CCOCC1. The first-order chi connectivity index (χ1) is 28.1. The van der Waals surface area contributed by atoms with E-state index in [1.165, 1.54) is 0 Å². The molecular weight excluding hydrogens is 735 g/mol. The number of carbonyl (C=O) groups is 2. The van der Waals surface area contributed by atoms with Crippen LogP contribution in [-0.2, 0) is 26.1 Å². The van der Waals surface area contributed by atoms with E-state index in [1.807, 2.05) is 73.7 Å². The average molecular weight is 792 g/mol. The summed E-state index contributed by atoms with van der Waals surface area (Å²) in [5.74, 6) is 1.65. The van der Waals surface area contributed by atoms with Gasteiger partial charge in [0.05, 0.1) is 55.6 Å². The number of hydrogen-bond acceptors (Lipinski definition) is 10. The van der Waals surface area contributed by atoms with Gasteiger partial charge in [0, 0.05) is 86.9 Å². The fourth-order valence-electron chi connectivity index (χ4n) is 6.61. The Kier molecular flexibility index (Phi) is 14.8. The molecule has 5 aromatic rings. The van der Waals surface area contributed by atoms with Gasteiger partial charge in [-0.15, -0.1) is 0 Å². The van der Waals surface area contributed by atoms with E-state index in [4.69, 9.17) is 25.0 Å². The number of benzene rings is 3. The zero-order chi connectivity index (χ0) is 40.9. The molecule has 2 fully saturated rings. The molecule has 0 unspecified atom stereocenters. The molecule has 308 valence electrons. The maximum absolute atomic E-state index is 13.4. The van der Waals surface area contributed by atoms with Gasteiger partial charge in [-0.25, -0.2) is 9.48 Å². The summed E-state index contributed by atoms with van der Waals surface area (Å²) in [5.41, 5.74) is 9.26. The fraction of sp³-hybridized carbons (Fsp3) is 0.409. The van der Waals surface area contributed by atoms with E-state index in [-0.39, 0.29) is 17.7 Å². The number of nitrogens with one attached hydrogen (secondary N) is 3. The Balaban J connectivity index is 0.000000557. The highest BCUT2D eigenvalue weighted by Crippen LogP contribution is 2.35. The number of carbonyl (C=O) groups excluding carboxylic acids is 2. The monoisotopic (exact) mass is 791 g/mol. The largest absolute Gasteiger partial charge is 0.457 e. The number of rotatable bonds is 12. The first-order valence-electron chi connectivity index (χ1n) is 20.0. The van der Waals surface area contributed by atoms with Crippen LogP contribution in [0.1, 0.15) is 37.7 Å². The van der Waals surface area contributed by atoms with Crippen LogP contribution in [0.25, 0.3) is 16.5 Å². The maximum Gasteiger partial charge on any atom is 0.324 e. The Morgan fingerprint density at radius 2 is 1.50 bits per heavy atom. The minimum atomic E-state index is -0.394. The molecular formula is C44H57N9O5. The number of nitrogens with zero attached hydrogens (tertiary/aromatic N) is 5. The number of ether oxygens (including phenoxy) is 3. The second-order valence-electron chi connectivity index (χ2n) is 15.5. The number of aromatic nitrogens is 3. The minimum absolute atomic E-state index is 0.0893. The predicted molar refractivity (Wildman–Crippen MR) is 228 cm³/mol. The molecule has 2 saturated heterocycles. The summed E-state index contributed by atoms with van der Waals surface area (Å²) >= 11 is 0. The Labute approximate surface area is 341 Å². The van der Waals surface area contributed by atoms with Crippen LogP contribution in [0.4, 0.5) is 16.3 Å². The number of aryl methyl sites for hydroxylation is 1. The van der Waals surface area contributed by atoms with Crippen LogP contribution in [0, 0.1) is 6.92 Å². The lowest BCUT2D eigenvalue weighted by Gasteiger charge is -2.26. The number of morpholine rings is 2. The van der Waals surface area contributed by atoms with Crippen molar-refractivity contribution >= 4 is 34.2 Å². The van der Waals surface area contributed by atoms with Crippen LogP contribution in [0.3, 0.4) is 0 Å². The van der Waals surface area contributed by atoms with Crippen LogP contribution >= 0.6 is 0 Å². The van der Waals surface area contributed by atoms with Crippen LogP contribution in [0.2, 0.25) is 0 Å². The number of nitrogens with two attached hydrogens (primary N) is 1. The van der Waals surface area contributed by atoms with Gasteiger partial charge in [0.1, 0.15) is 17.3 Å². The van der Waals surface area contributed by atoms with Crippen molar-refractivity contribution < 1.29 is 23.8 Å². The van der Waals surface area contributed by atoms with Crippen LogP contribution < -0.4 is 26.4 Å². The third-order valence-corrected chi connectivity index (χ3v) is 9.89. The van der Waals surface area contributed by atoms with Crippen molar-refractivity contribution in [3.8, 4) is 17.2 Å². The molecule has 0 spiro atoms. The lowest BCUT2D eigenvalue weighted by Crippen LogP contribution is -2.41. The third-order valence-electron chi connectivity index (χ3n) is 9.89. The molecule has 7 rings (SSSR count). The number of hydrogen-bond donors (Lipinski definition) is 4. The van der Waals surface area contributed by atoms with Crippen molar-refractivity contribution in [2.24, 2.45) is 5.73 Å². The van der Waals surface area contributed by atoms with Gasteiger partial charge >= 0.3 is 6.03 Å². The summed E-state index contributed by atoms with van der Waals surface area (Å²) in [7, 11) is 0. The van der Waals surface area contributed by atoms with Gasteiger partial charge in [0.15, 0.2) is 0 Å². The van der Waals surface area contributed by atoms with Gasteiger partial charge in [-0.3, -0.25) is 24.9 Å². The Morgan fingerprint density at radius 1 is 0.828 bits per heavy atom. The first-order valence-corrected chi connectivity index (χ1v) is 20.0. The molecule has 14 nitrogen and oxygen atoms in total. The lowest BCUT2D eigenvalue weighted by molar-refractivity contribution is -0.120.